The van der Waals surface area contributed by atoms with Gasteiger partial charge in [0.2, 0.25) is 0 Å². The molecule has 2 nitrogen and oxygen atoms in total. The quantitative estimate of drug-likeness (QED) is 0.882. The van der Waals surface area contributed by atoms with E-state index in [1.54, 1.807) is 0 Å². The van der Waals surface area contributed by atoms with Gasteiger partial charge in [0, 0.05) is 19.1 Å². The van der Waals surface area contributed by atoms with Gasteiger partial charge in [0.25, 0.3) is 0 Å². The molecule has 1 heterocycles. The van der Waals surface area contributed by atoms with Crippen molar-refractivity contribution in [2.75, 3.05) is 6.54 Å². The van der Waals surface area contributed by atoms with Gasteiger partial charge < -0.3 is 5.73 Å². The zero-order chi connectivity index (χ0) is 13.3. The molecule has 100 valence electrons. The Bertz CT molecular complexity index is 415. The van der Waals surface area contributed by atoms with E-state index in [2.05, 4.69) is 0 Å². The minimum absolute atomic E-state index is 0.321. The Morgan fingerprint density at radius 2 is 1.83 bits per heavy atom. The number of benzene rings is 1. The van der Waals surface area contributed by atoms with Crippen molar-refractivity contribution in [3.63, 3.8) is 0 Å². The Morgan fingerprint density at radius 1 is 1.22 bits per heavy atom. The van der Waals surface area contributed by atoms with E-state index in [9.17, 15) is 13.2 Å². The largest absolute Gasteiger partial charge is 0.405 e. The molecule has 1 aliphatic heterocycles. The molecular weight excluding hydrogens is 241 g/mol. The van der Waals surface area contributed by atoms with E-state index in [-0.39, 0.29) is 0 Å². The lowest BCUT2D eigenvalue weighted by Gasteiger charge is -2.38. The van der Waals surface area contributed by atoms with Gasteiger partial charge in [0.15, 0.2) is 0 Å². The van der Waals surface area contributed by atoms with Gasteiger partial charge in [-0.2, -0.15) is 13.2 Å². The van der Waals surface area contributed by atoms with Crippen molar-refractivity contribution in [2.45, 2.75) is 38.1 Å². The van der Waals surface area contributed by atoms with E-state index in [1.807, 2.05) is 24.3 Å². The SMILES string of the molecule is CC(N)C(N1CCc2ccccc2C1)C(F)(F)F. The van der Waals surface area contributed by atoms with Crippen LogP contribution in [0.2, 0.25) is 0 Å². The van der Waals surface area contributed by atoms with E-state index in [0.717, 1.165) is 11.1 Å². The van der Waals surface area contributed by atoms with Gasteiger partial charge in [0.05, 0.1) is 0 Å². The van der Waals surface area contributed by atoms with Crippen LogP contribution in [0.1, 0.15) is 18.1 Å². The van der Waals surface area contributed by atoms with Crippen molar-refractivity contribution in [3.05, 3.63) is 35.4 Å². The average molecular weight is 258 g/mol. The third-order valence-electron chi connectivity index (χ3n) is 3.39. The molecule has 0 fully saturated rings. The van der Waals surface area contributed by atoms with Crippen LogP contribution in [0.25, 0.3) is 0 Å². The number of rotatable bonds is 2. The molecule has 2 N–H and O–H groups in total. The van der Waals surface area contributed by atoms with Crippen molar-refractivity contribution >= 4 is 0 Å². The third-order valence-corrected chi connectivity index (χ3v) is 3.39. The van der Waals surface area contributed by atoms with Crippen LogP contribution in [0.5, 0.6) is 0 Å². The summed E-state index contributed by atoms with van der Waals surface area (Å²) < 4.78 is 39.0. The fourth-order valence-electron chi connectivity index (χ4n) is 2.59. The summed E-state index contributed by atoms with van der Waals surface area (Å²) in [6.07, 6.45) is -3.63. The smallest absolute Gasteiger partial charge is 0.326 e. The van der Waals surface area contributed by atoms with Crippen LogP contribution in [0, 0.1) is 0 Å². The molecule has 0 spiro atoms. The summed E-state index contributed by atoms with van der Waals surface area (Å²) in [6.45, 7) is 2.14. The third kappa shape index (κ3) is 2.67. The number of halogens is 3. The number of nitrogens with zero attached hydrogens (tertiary/aromatic N) is 1. The summed E-state index contributed by atoms with van der Waals surface area (Å²) in [4.78, 5) is 1.44. The van der Waals surface area contributed by atoms with E-state index in [0.29, 0.717) is 19.5 Å². The van der Waals surface area contributed by atoms with Crippen molar-refractivity contribution in [3.8, 4) is 0 Å². The van der Waals surface area contributed by atoms with Crippen molar-refractivity contribution in [1.29, 1.82) is 0 Å². The monoisotopic (exact) mass is 258 g/mol. The lowest BCUT2D eigenvalue weighted by Crippen LogP contribution is -2.56. The van der Waals surface area contributed by atoms with Gasteiger partial charge in [-0.05, 0) is 24.5 Å². The first-order valence-electron chi connectivity index (χ1n) is 6.02. The van der Waals surface area contributed by atoms with Gasteiger partial charge in [-0.25, -0.2) is 0 Å². The molecule has 0 aliphatic carbocycles. The summed E-state index contributed by atoms with van der Waals surface area (Å²) in [5.41, 5.74) is 7.62. The number of hydrogen-bond acceptors (Lipinski definition) is 2. The predicted octanol–water partition coefficient (Wildman–Crippen LogP) is 2.32. The predicted molar refractivity (Wildman–Crippen MR) is 64.0 cm³/mol. The van der Waals surface area contributed by atoms with E-state index >= 15 is 0 Å². The van der Waals surface area contributed by atoms with Crippen molar-refractivity contribution in [2.24, 2.45) is 5.73 Å². The first kappa shape index (κ1) is 13.4. The lowest BCUT2D eigenvalue weighted by atomic mass is 9.97. The van der Waals surface area contributed by atoms with Gasteiger partial charge in [-0.3, -0.25) is 4.90 Å². The number of hydrogen-bond donors (Lipinski definition) is 1. The summed E-state index contributed by atoms with van der Waals surface area (Å²) in [5.74, 6) is 0. The Hall–Kier alpha value is -1.07. The number of alkyl halides is 3. The maximum absolute atomic E-state index is 13.0. The zero-order valence-electron chi connectivity index (χ0n) is 10.2. The molecule has 2 atom stereocenters. The topological polar surface area (TPSA) is 29.3 Å². The molecule has 0 aromatic heterocycles. The Balaban J connectivity index is 2.21. The highest BCUT2D eigenvalue weighted by molar-refractivity contribution is 5.29. The first-order valence-corrected chi connectivity index (χ1v) is 6.02. The minimum Gasteiger partial charge on any atom is -0.326 e. The summed E-state index contributed by atoms with van der Waals surface area (Å²) >= 11 is 0. The highest BCUT2D eigenvalue weighted by atomic mass is 19.4. The van der Waals surface area contributed by atoms with E-state index in [1.165, 1.54) is 11.8 Å². The van der Waals surface area contributed by atoms with Gasteiger partial charge in [-0.15, -0.1) is 0 Å². The number of fused-ring (bicyclic) bond motifs is 1. The second-order valence-corrected chi connectivity index (χ2v) is 4.83. The van der Waals surface area contributed by atoms with E-state index < -0.39 is 18.3 Å². The lowest BCUT2D eigenvalue weighted by molar-refractivity contribution is -0.190. The van der Waals surface area contributed by atoms with Gasteiger partial charge in [-0.1, -0.05) is 24.3 Å². The van der Waals surface area contributed by atoms with Gasteiger partial charge >= 0.3 is 6.18 Å². The molecule has 1 aliphatic rings. The molecule has 0 saturated carbocycles. The van der Waals surface area contributed by atoms with Crippen LogP contribution in [0.4, 0.5) is 13.2 Å². The minimum atomic E-state index is -4.28. The average Bonchev–Trinajstić information content (AvgIpc) is 2.26. The highest BCUT2D eigenvalue weighted by Crippen LogP contribution is 2.30. The molecule has 1 aromatic carbocycles. The standard InChI is InChI=1S/C13H17F3N2/c1-9(17)12(13(14,15)16)18-7-6-10-4-2-3-5-11(10)8-18/h2-5,9,12H,6-8,17H2,1H3. The summed E-state index contributed by atoms with van der Waals surface area (Å²) in [7, 11) is 0. The molecule has 2 unspecified atom stereocenters. The Labute approximate surface area is 105 Å². The molecule has 18 heavy (non-hydrogen) atoms. The van der Waals surface area contributed by atoms with Crippen LogP contribution >= 0.6 is 0 Å². The second kappa shape index (κ2) is 4.90. The molecule has 0 radical (unpaired) electrons. The van der Waals surface area contributed by atoms with Crippen LogP contribution in [0.3, 0.4) is 0 Å². The molecule has 2 rings (SSSR count). The maximum atomic E-state index is 13.0. The van der Waals surface area contributed by atoms with Gasteiger partial charge in [0.1, 0.15) is 6.04 Å². The molecule has 0 saturated heterocycles. The number of nitrogens with two attached hydrogens (primary N) is 1. The second-order valence-electron chi connectivity index (χ2n) is 4.83. The van der Waals surface area contributed by atoms with Crippen LogP contribution in [0.15, 0.2) is 24.3 Å². The summed E-state index contributed by atoms with van der Waals surface area (Å²) in [6, 6.07) is 5.15. The molecule has 5 heteroatoms. The van der Waals surface area contributed by atoms with Crippen LogP contribution in [-0.2, 0) is 13.0 Å². The van der Waals surface area contributed by atoms with Crippen LogP contribution in [-0.4, -0.2) is 29.7 Å². The fraction of sp³-hybridized carbons (Fsp3) is 0.538. The highest BCUT2D eigenvalue weighted by Gasteiger charge is 2.46. The zero-order valence-corrected chi connectivity index (χ0v) is 10.2. The van der Waals surface area contributed by atoms with Crippen molar-refractivity contribution in [1.82, 2.24) is 4.90 Å². The molecular formula is C13H17F3N2. The fourth-order valence-corrected chi connectivity index (χ4v) is 2.59. The molecule has 1 aromatic rings. The first-order chi connectivity index (χ1) is 8.39. The molecule has 0 amide bonds. The summed E-state index contributed by atoms with van der Waals surface area (Å²) in [5, 5.41) is 0. The Kier molecular flexibility index (Phi) is 3.64. The normalized spacial score (nSPS) is 20.3. The Morgan fingerprint density at radius 3 is 2.39 bits per heavy atom. The van der Waals surface area contributed by atoms with E-state index in [4.69, 9.17) is 5.73 Å². The maximum Gasteiger partial charge on any atom is 0.405 e. The van der Waals surface area contributed by atoms with Crippen molar-refractivity contribution < 1.29 is 13.2 Å². The molecule has 0 bridgehead atoms. The van der Waals surface area contributed by atoms with Crippen LogP contribution < -0.4 is 5.73 Å².